The Bertz CT molecular complexity index is 1850. The first-order valence-electron chi connectivity index (χ1n) is 17.1. The largest absolute Gasteiger partial charge is 0.475 e. The molecule has 4 aromatic rings. The van der Waals surface area contributed by atoms with Gasteiger partial charge in [-0.3, -0.25) is 24.6 Å². The summed E-state index contributed by atoms with van der Waals surface area (Å²) in [6, 6.07) is 13.5. The predicted molar refractivity (Wildman–Crippen MR) is 196 cm³/mol. The number of amides is 2. The fraction of sp³-hybridized carbons (Fsp3) is 0.417. The van der Waals surface area contributed by atoms with Crippen LogP contribution in [0.25, 0.3) is 22.2 Å². The maximum absolute atomic E-state index is 13.9. The Morgan fingerprint density at radius 3 is 2.58 bits per heavy atom. The number of hydrogen-bond donors (Lipinski definition) is 2. The standard InChI is InChI=1S/C36H45N11O3/c1-5-47(28-8-9-30-29(18-28)34(43-42-30)25-7-11-32(40-19-25)50-24(2)3)36(49)27-12-13-44(21-27)22-33(48)46-16-14-45(15-17-46)31-10-6-26(20-39-31)35(37)41-23-38-4/h6-11,18-20,23-24,27H,5,12-17,21-22H2,1-4H3,(H,42,43)(H2,37,38,41). The molecule has 2 aliphatic heterocycles. The third kappa shape index (κ3) is 7.75. The van der Waals surface area contributed by atoms with E-state index >= 15 is 0 Å². The molecule has 6 rings (SSSR count). The van der Waals surface area contributed by atoms with Crippen LogP contribution in [0.4, 0.5) is 11.5 Å². The second-order valence-corrected chi connectivity index (χ2v) is 12.8. The van der Waals surface area contributed by atoms with E-state index < -0.39 is 0 Å². The number of hydrogen-bond acceptors (Lipinski definition) is 9. The molecule has 0 aliphatic carbocycles. The zero-order valence-electron chi connectivity index (χ0n) is 29.1. The minimum Gasteiger partial charge on any atom is -0.475 e. The Morgan fingerprint density at radius 2 is 1.90 bits per heavy atom. The van der Waals surface area contributed by atoms with E-state index in [0.717, 1.165) is 39.2 Å². The summed E-state index contributed by atoms with van der Waals surface area (Å²) in [5.74, 6) is 1.74. The molecule has 14 nitrogen and oxygen atoms in total. The molecule has 0 spiro atoms. The van der Waals surface area contributed by atoms with Gasteiger partial charge in [-0.15, -0.1) is 0 Å². The number of benzene rings is 1. The van der Waals surface area contributed by atoms with Crippen molar-refractivity contribution in [1.82, 2.24) is 30.0 Å². The number of likely N-dealkylation sites (tertiary alicyclic amines) is 1. The van der Waals surface area contributed by atoms with E-state index in [2.05, 4.69) is 39.9 Å². The lowest BCUT2D eigenvalue weighted by molar-refractivity contribution is -0.132. The minimum atomic E-state index is -0.181. The summed E-state index contributed by atoms with van der Waals surface area (Å²) in [6.07, 6.45) is 5.62. The highest BCUT2D eigenvalue weighted by molar-refractivity contribution is 6.01. The maximum Gasteiger partial charge on any atom is 0.236 e. The zero-order valence-corrected chi connectivity index (χ0v) is 29.1. The summed E-state index contributed by atoms with van der Waals surface area (Å²) in [5, 5.41) is 8.56. The molecule has 1 atom stereocenters. The lowest BCUT2D eigenvalue weighted by Gasteiger charge is -2.36. The summed E-state index contributed by atoms with van der Waals surface area (Å²) in [5.41, 5.74) is 10.0. The van der Waals surface area contributed by atoms with E-state index in [1.807, 2.05) is 73.0 Å². The van der Waals surface area contributed by atoms with Crippen molar-refractivity contribution in [2.75, 3.05) is 69.2 Å². The molecule has 262 valence electrons. The fourth-order valence-electron chi connectivity index (χ4n) is 6.48. The first kappa shape index (κ1) is 34.5. The van der Waals surface area contributed by atoms with Crippen molar-refractivity contribution in [3.63, 3.8) is 0 Å². The number of aromatic nitrogens is 4. The van der Waals surface area contributed by atoms with Crippen LogP contribution in [0.3, 0.4) is 0 Å². The number of aromatic amines is 1. The van der Waals surface area contributed by atoms with Gasteiger partial charge in [0.15, 0.2) is 0 Å². The SMILES string of the molecule is CCN(C(=O)C1CCN(CC(=O)N2CCN(c3ccc(C(N)=NC=NC)cn3)CC2)C1)c1ccc2[nH]nc(-c3ccc(OC(C)C)nc3)c2c1. The lowest BCUT2D eigenvalue weighted by atomic mass is 10.1. The van der Waals surface area contributed by atoms with Crippen LogP contribution in [0.5, 0.6) is 5.88 Å². The number of H-pyrrole nitrogens is 1. The van der Waals surface area contributed by atoms with Crippen molar-refractivity contribution in [2.24, 2.45) is 21.6 Å². The van der Waals surface area contributed by atoms with Crippen LogP contribution < -0.4 is 20.3 Å². The highest BCUT2D eigenvalue weighted by Gasteiger charge is 2.34. The highest BCUT2D eigenvalue weighted by Crippen LogP contribution is 2.31. The van der Waals surface area contributed by atoms with Crippen LogP contribution in [-0.4, -0.2) is 119 Å². The van der Waals surface area contributed by atoms with E-state index in [4.69, 9.17) is 10.5 Å². The van der Waals surface area contributed by atoms with Gasteiger partial charge in [-0.2, -0.15) is 5.10 Å². The van der Waals surface area contributed by atoms with Gasteiger partial charge in [0.1, 0.15) is 23.7 Å². The van der Waals surface area contributed by atoms with Gasteiger partial charge in [-0.25, -0.2) is 15.0 Å². The molecule has 2 saturated heterocycles. The third-order valence-corrected chi connectivity index (χ3v) is 9.10. The van der Waals surface area contributed by atoms with Crippen LogP contribution in [0, 0.1) is 5.92 Å². The average Bonchev–Trinajstić information content (AvgIpc) is 3.78. The molecule has 14 heteroatoms. The summed E-state index contributed by atoms with van der Waals surface area (Å²) in [6.45, 7) is 10.6. The van der Waals surface area contributed by atoms with Crippen LogP contribution in [0.2, 0.25) is 0 Å². The smallest absolute Gasteiger partial charge is 0.236 e. The Labute approximate surface area is 292 Å². The van der Waals surface area contributed by atoms with E-state index in [1.54, 1.807) is 19.4 Å². The van der Waals surface area contributed by atoms with Gasteiger partial charge >= 0.3 is 0 Å². The second kappa shape index (κ2) is 15.5. The van der Waals surface area contributed by atoms with E-state index in [1.165, 1.54) is 6.34 Å². The first-order chi connectivity index (χ1) is 24.2. The summed E-state index contributed by atoms with van der Waals surface area (Å²) < 4.78 is 5.69. The van der Waals surface area contributed by atoms with Crippen LogP contribution in [-0.2, 0) is 9.59 Å². The summed E-state index contributed by atoms with van der Waals surface area (Å²) in [7, 11) is 1.64. The van der Waals surface area contributed by atoms with Crippen molar-refractivity contribution in [3.05, 3.63) is 60.4 Å². The molecule has 3 N–H and O–H groups in total. The van der Waals surface area contributed by atoms with E-state index in [-0.39, 0.29) is 23.8 Å². The molecule has 50 heavy (non-hydrogen) atoms. The van der Waals surface area contributed by atoms with Gasteiger partial charge in [0.25, 0.3) is 0 Å². The highest BCUT2D eigenvalue weighted by atomic mass is 16.5. The van der Waals surface area contributed by atoms with Crippen molar-refractivity contribution < 1.29 is 14.3 Å². The number of nitrogens with one attached hydrogen (secondary N) is 1. The van der Waals surface area contributed by atoms with Crippen LogP contribution >= 0.6 is 0 Å². The molecule has 2 fully saturated rings. The van der Waals surface area contributed by atoms with Crippen molar-refractivity contribution in [3.8, 4) is 17.1 Å². The Kier molecular flexibility index (Phi) is 10.7. The number of pyridine rings is 2. The third-order valence-electron chi connectivity index (χ3n) is 9.10. The number of anilines is 2. The number of ether oxygens (including phenoxy) is 1. The summed E-state index contributed by atoms with van der Waals surface area (Å²) in [4.78, 5) is 52.1. The number of nitrogens with zero attached hydrogens (tertiary/aromatic N) is 9. The van der Waals surface area contributed by atoms with Crippen molar-refractivity contribution >= 4 is 46.4 Å². The Morgan fingerprint density at radius 1 is 1.08 bits per heavy atom. The zero-order chi connectivity index (χ0) is 35.2. The van der Waals surface area contributed by atoms with Gasteiger partial charge in [-0.1, -0.05) is 0 Å². The molecule has 2 aliphatic rings. The van der Waals surface area contributed by atoms with Gasteiger partial charge in [0.2, 0.25) is 17.7 Å². The molecule has 1 aromatic carbocycles. The normalized spacial score (nSPS) is 17.3. The number of piperazine rings is 1. The first-order valence-corrected chi connectivity index (χ1v) is 17.1. The lowest BCUT2D eigenvalue weighted by Crippen LogP contribution is -2.51. The summed E-state index contributed by atoms with van der Waals surface area (Å²) >= 11 is 0. The van der Waals surface area contributed by atoms with Gasteiger partial charge in [-0.05, 0) is 70.1 Å². The number of carbonyl (C=O) groups is 2. The second-order valence-electron chi connectivity index (χ2n) is 12.8. The monoisotopic (exact) mass is 679 g/mol. The molecule has 3 aromatic heterocycles. The Hall–Kier alpha value is -5.37. The fourth-order valence-corrected chi connectivity index (χ4v) is 6.48. The van der Waals surface area contributed by atoms with Crippen molar-refractivity contribution in [2.45, 2.75) is 33.3 Å². The molecule has 0 saturated carbocycles. The maximum atomic E-state index is 13.9. The molecule has 1 unspecified atom stereocenters. The number of aliphatic imine (C=N–C) groups is 2. The molecule has 0 bridgehead atoms. The van der Waals surface area contributed by atoms with Gasteiger partial charge in [0.05, 0.1) is 24.1 Å². The van der Waals surface area contributed by atoms with Crippen LogP contribution in [0.15, 0.2) is 64.8 Å². The molecular formula is C36H45N11O3. The van der Waals surface area contributed by atoms with Gasteiger partial charge < -0.3 is 25.2 Å². The number of carbonyl (C=O) groups excluding carboxylic acids is 2. The molecular weight excluding hydrogens is 634 g/mol. The topological polar surface area (TPSA) is 162 Å². The number of fused-ring (bicyclic) bond motifs is 1. The van der Waals surface area contributed by atoms with Crippen molar-refractivity contribution in [1.29, 1.82) is 0 Å². The Balaban J connectivity index is 1.03. The molecule has 5 heterocycles. The number of rotatable bonds is 11. The number of nitrogens with two attached hydrogens (primary N) is 1. The quantitative estimate of drug-likeness (QED) is 0.179. The van der Waals surface area contributed by atoms with E-state index in [9.17, 15) is 9.59 Å². The molecule has 2 amide bonds. The van der Waals surface area contributed by atoms with Crippen LogP contribution in [0.1, 0.15) is 32.8 Å². The van der Waals surface area contributed by atoms with Gasteiger partial charge in [0, 0.05) is 87.0 Å². The van der Waals surface area contributed by atoms with E-state index in [0.29, 0.717) is 70.5 Å². The average molecular weight is 680 g/mol. The predicted octanol–water partition coefficient (Wildman–Crippen LogP) is 3.19. The number of amidine groups is 1. The molecule has 0 radical (unpaired) electrons. The minimum absolute atomic E-state index is 0.0381.